The van der Waals surface area contributed by atoms with Gasteiger partial charge in [-0.25, -0.2) is 0 Å². The van der Waals surface area contributed by atoms with Crippen LogP contribution in [-0.4, -0.2) is 22.2 Å². The summed E-state index contributed by atoms with van der Waals surface area (Å²) in [4.78, 5) is 0. The van der Waals surface area contributed by atoms with Crippen LogP contribution in [0.3, 0.4) is 0 Å². The maximum Gasteiger partial charge on any atom is 0.192 e. The first-order chi connectivity index (χ1) is 15.1. The van der Waals surface area contributed by atoms with E-state index in [2.05, 4.69) is 88.4 Å². The van der Waals surface area contributed by atoms with Crippen molar-refractivity contribution >= 4 is 8.32 Å². The molecule has 170 valence electrons. The first kappa shape index (κ1) is 25.5. The molecule has 0 saturated carbocycles. The van der Waals surface area contributed by atoms with E-state index < -0.39 is 8.32 Å². The maximum absolute atomic E-state index is 6.89. The van der Waals surface area contributed by atoms with Gasteiger partial charge in [0.2, 0.25) is 0 Å². The SMILES string of the molecule is CC[Si](CC)(CC)OC(C/C=C\Cc1ccc(COCOC)cc1)c1ccc(C)cc1. The van der Waals surface area contributed by atoms with Crippen LogP contribution >= 0.6 is 0 Å². The van der Waals surface area contributed by atoms with Crippen LogP contribution in [0.15, 0.2) is 60.7 Å². The molecule has 0 N–H and O–H groups in total. The number of hydrogen-bond donors (Lipinski definition) is 0. The van der Waals surface area contributed by atoms with E-state index in [1.807, 2.05) is 0 Å². The lowest BCUT2D eigenvalue weighted by atomic mass is 10.0. The number of methoxy groups -OCH3 is 1. The van der Waals surface area contributed by atoms with Gasteiger partial charge in [-0.15, -0.1) is 0 Å². The zero-order valence-electron chi connectivity index (χ0n) is 20.0. The largest absolute Gasteiger partial charge is 0.410 e. The highest BCUT2D eigenvalue weighted by molar-refractivity contribution is 6.73. The van der Waals surface area contributed by atoms with Crippen LogP contribution in [0.25, 0.3) is 0 Å². The lowest BCUT2D eigenvalue weighted by molar-refractivity contribution is -0.0390. The van der Waals surface area contributed by atoms with Crippen LogP contribution in [0.2, 0.25) is 18.1 Å². The fraction of sp³-hybridized carbons (Fsp3) is 0.481. The number of ether oxygens (including phenoxy) is 2. The Labute approximate surface area is 190 Å². The van der Waals surface area contributed by atoms with Crippen LogP contribution in [0, 0.1) is 6.92 Å². The van der Waals surface area contributed by atoms with Gasteiger partial charge in [0.05, 0.1) is 12.7 Å². The van der Waals surface area contributed by atoms with Crippen molar-refractivity contribution in [2.75, 3.05) is 13.9 Å². The summed E-state index contributed by atoms with van der Waals surface area (Å²) in [6.07, 6.45) is 6.55. The van der Waals surface area contributed by atoms with E-state index in [0.29, 0.717) is 13.4 Å². The van der Waals surface area contributed by atoms with E-state index in [1.165, 1.54) is 34.8 Å². The Morgan fingerprint density at radius 2 is 1.45 bits per heavy atom. The topological polar surface area (TPSA) is 27.7 Å². The van der Waals surface area contributed by atoms with Gasteiger partial charge in [-0.05, 0) is 54.6 Å². The van der Waals surface area contributed by atoms with Gasteiger partial charge in [0.15, 0.2) is 8.32 Å². The van der Waals surface area contributed by atoms with Crippen molar-refractivity contribution in [3.05, 3.63) is 82.9 Å². The Bertz CT molecular complexity index is 756. The zero-order chi connectivity index (χ0) is 22.5. The average Bonchev–Trinajstić information content (AvgIpc) is 2.81. The van der Waals surface area contributed by atoms with E-state index in [-0.39, 0.29) is 6.10 Å². The summed E-state index contributed by atoms with van der Waals surface area (Å²) >= 11 is 0. The molecule has 0 bridgehead atoms. The maximum atomic E-state index is 6.89. The van der Waals surface area contributed by atoms with Gasteiger partial charge in [0.1, 0.15) is 6.79 Å². The Morgan fingerprint density at radius 1 is 0.839 bits per heavy atom. The Balaban J connectivity index is 2.00. The molecule has 0 aliphatic heterocycles. The molecular formula is C27H40O3Si. The predicted octanol–water partition coefficient (Wildman–Crippen LogP) is 7.37. The van der Waals surface area contributed by atoms with E-state index in [9.17, 15) is 0 Å². The lowest BCUT2D eigenvalue weighted by Crippen LogP contribution is -2.37. The molecule has 0 aromatic heterocycles. The normalized spacial score (nSPS) is 13.1. The van der Waals surface area contributed by atoms with Crippen molar-refractivity contribution in [2.24, 2.45) is 0 Å². The molecule has 4 heteroatoms. The number of hydrogen-bond acceptors (Lipinski definition) is 3. The molecule has 3 nitrogen and oxygen atoms in total. The summed E-state index contributed by atoms with van der Waals surface area (Å²) < 4.78 is 17.2. The first-order valence-corrected chi connectivity index (χ1v) is 14.1. The molecular weight excluding hydrogens is 400 g/mol. The summed E-state index contributed by atoms with van der Waals surface area (Å²) in [5.74, 6) is 0. The smallest absolute Gasteiger partial charge is 0.192 e. The van der Waals surface area contributed by atoms with Gasteiger partial charge in [0, 0.05) is 7.11 Å². The van der Waals surface area contributed by atoms with Gasteiger partial charge in [-0.1, -0.05) is 87.0 Å². The summed E-state index contributed by atoms with van der Waals surface area (Å²) in [5, 5.41) is 0. The fourth-order valence-electron chi connectivity index (χ4n) is 3.79. The van der Waals surface area contributed by atoms with E-state index in [1.54, 1.807) is 7.11 Å². The van der Waals surface area contributed by atoms with Crippen LogP contribution < -0.4 is 0 Å². The van der Waals surface area contributed by atoms with Gasteiger partial charge in [-0.3, -0.25) is 0 Å². The molecule has 2 rings (SSSR count). The van der Waals surface area contributed by atoms with Crippen LogP contribution in [0.4, 0.5) is 0 Å². The minimum Gasteiger partial charge on any atom is -0.410 e. The van der Waals surface area contributed by atoms with Crippen LogP contribution in [0.1, 0.15) is 55.5 Å². The van der Waals surface area contributed by atoms with Gasteiger partial charge in [0.25, 0.3) is 0 Å². The second-order valence-electron chi connectivity index (χ2n) is 8.24. The number of rotatable bonds is 14. The molecule has 0 fully saturated rings. The highest BCUT2D eigenvalue weighted by Gasteiger charge is 2.32. The van der Waals surface area contributed by atoms with Gasteiger partial charge >= 0.3 is 0 Å². The highest BCUT2D eigenvalue weighted by Crippen LogP contribution is 2.32. The monoisotopic (exact) mass is 440 g/mol. The van der Waals surface area contributed by atoms with Crippen molar-refractivity contribution in [2.45, 2.75) is 71.4 Å². The minimum atomic E-state index is -1.68. The molecule has 0 heterocycles. The summed E-state index contributed by atoms with van der Waals surface area (Å²) in [5.41, 5.74) is 5.05. The van der Waals surface area contributed by atoms with E-state index in [4.69, 9.17) is 13.9 Å². The molecule has 0 aliphatic rings. The number of aryl methyl sites for hydroxylation is 1. The second-order valence-corrected chi connectivity index (χ2v) is 13.0. The molecule has 2 aromatic carbocycles. The molecule has 2 aromatic rings. The third-order valence-corrected chi connectivity index (χ3v) is 10.8. The number of benzene rings is 2. The first-order valence-electron chi connectivity index (χ1n) is 11.6. The molecule has 1 unspecified atom stereocenters. The van der Waals surface area contributed by atoms with Gasteiger partial charge < -0.3 is 13.9 Å². The summed E-state index contributed by atoms with van der Waals surface area (Å²) in [6.45, 7) is 9.93. The van der Waals surface area contributed by atoms with Crippen LogP contribution in [0.5, 0.6) is 0 Å². The number of allylic oxidation sites excluding steroid dienone is 1. The third-order valence-electron chi connectivity index (χ3n) is 6.14. The molecule has 0 spiro atoms. The van der Waals surface area contributed by atoms with Crippen molar-refractivity contribution in [3.8, 4) is 0 Å². The Hall–Kier alpha value is -1.72. The second kappa shape index (κ2) is 13.6. The lowest BCUT2D eigenvalue weighted by Gasteiger charge is -2.33. The van der Waals surface area contributed by atoms with Crippen LogP contribution in [-0.2, 0) is 26.9 Å². The predicted molar refractivity (Wildman–Crippen MR) is 133 cm³/mol. The Morgan fingerprint density at radius 3 is 2.03 bits per heavy atom. The molecule has 0 amide bonds. The fourth-order valence-corrected chi connectivity index (χ4v) is 6.62. The average molecular weight is 441 g/mol. The molecule has 31 heavy (non-hydrogen) atoms. The molecule has 1 atom stereocenters. The molecule has 0 aliphatic carbocycles. The highest BCUT2D eigenvalue weighted by atomic mass is 28.4. The summed E-state index contributed by atoms with van der Waals surface area (Å²) in [6, 6.07) is 21.0. The third kappa shape index (κ3) is 8.38. The van der Waals surface area contributed by atoms with Gasteiger partial charge in [-0.2, -0.15) is 0 Å². The van der Waals surface area contributed by atoms with Crippen molar-refractivity contribution < 1.29 is 13.9 Å². The molecule has 0 saturated heterocycles. The Kier molecular flexibility index (Phi) is 11.2. The van der Waals surface area contributed by atoms with Crippen molar-refractivity contribution in [3.63, 3.8) is 0 Å². The van der Waals surface area contributed by atoms with Crippen molar-refractivity contribution in [1.82, 2.24) is 0 Å². The zero-order valence-corrected chi connectivity index (χ0v) is 21.0. The van der Waals surface area contributed by atoms with E-state index >= 15 is 0 Å². The van der Waals surface area contributed by atoms with E-state index in [0.717, 1.165) is 18.4 Å². The standard InChI is InChI=1S/C27H40O3Si/c1-6-31(7-2,8-3)30-27(26-19-13-23(4)14-20-26)12-10-9-11-24-15-17-25(18-16-24)21-29-22-28-5/h9-10,13-20,27H,6-8,11-12,21-22H2,1-5H3/b10-9-. The quantitative estimate of drug-likeness (QED) is 0.133. The molecule has 0 radical (unpaired) electrons. The minimum absolute atomic E-state index is 0.142. The summed E-state index contributed by atoms with van der Waals surface area (Å²) in [7, 11) is -0.0383. The van der Waals surface area contributed by atoms with Crippen molar-refractivity contribution in [1.29, 1.82) is 0 Å².